The fourth-order valence-corrected chi connectivity index (χ4v) is 5.44. The van der Waals surface area contributed by atoms with Gasteiger partial charge in [-0.25, -0.2) is 4.79 Å². The Hall–Kier alpha value is -6.09. The lowest BCUT2D eigenvalue weighted by molar-refractivity contribution is -0.143. The summed E-state index contributed by atoms with van der Waals surface area (Å²) in [5, 5.41) is 34.2. The van der Waals surface area contributed by atoms with E-state index in [1.165, 1.54) is 0 Å². The van der Waals surface area contributed by atoms with Crippen molar-refractivity contribution in [2.75, 3.05) is 13.1 Å². The highest BCUT2D eigenvalue weighted by Crippen LogP contribution is 2.19. The van der Waals surface area contributed by atoms with E-state index in [1.807, 2.05) is 38.1 Å². The average Bonchev–Trinajstić information content (AvgIpc) is 3.53. The van der Waals surface area contributed by atoms with Crippen LogP contribution in [0.25, 0.3) is 10.9 Å². The molecule has 21 nitrogen and oxygen atoms in total. The first-order chi connectivity index (χ1) is 26.3. The first-order valence-electron chi connectivity index (χ1n) is 17.8. The van der Waals surface area contributed by atoms with E-state index in [-0.39, 0.29) is 38.0 Å². The Labute approximate surface area is 322 Å². The van der Waals surface area contributed by atoms with Gasteiger partial charge in [0.1, 0.15) is 24.2 Å². The molecular weight excluding hydrogens is 736 g/mol. The van der Waals surface area contributed by atoms with Crippen LogP contribution in [0.3, 0.4) is 0 Å². The summed E-state index contributed by atoms with van der Waals surface area (Å²) >= 11 is 0. The van der Waals surface area contributed by atoms with E-state index in [0.717, 1.165) is 17.8 Å². The fraction of sp³-hybridized carbons (Fsp3) is 0.514. The van der Waals surface area contributed by atoms with E-state index < -0.39 is 103 Å². The zero-order valence-electron chi connectivity index (χ0n) is 31.4. The van der Waals surface area contributed by atoms with Gasteiger partial charge in [0, 0.05) is 36.4 Å². The highest BCUT2D eigenvalue weighted by molar-refractivity contribution is 5.96. The normalized spacial score (nSPS) is 14.2. The molecule has 21 heteroatoms. The van der Waals surface area contributed by atoms with Crippen molar-refractivity contribution in [2.45, 2.75) is 95.6 Å². The molecule has 1 aromatic heterocycles. The van der Waals surface area contributed by atoms with Crippen molar-refractivity contribution in [2.24, 2.45) is 23.1 Å². The summed E-state index contributed by atoms with van der Waals surface area (Å²) < 4.78 is 0. The molecule has 0 aliphatic rings. The summed E-state index contributed by atoms with van der Waals surface area (Å²) in [6, 6.07) is 0.586. The monoisotopic (exact) mass is 788 g/mol. The molecule has 0 radical (unpaired) electrons. The molecule has 8 amide bonds. The van der Waals surface area contributed by atoms with E-state index in [0.29, 0.717) is 12.0 Å². The van der Waals surface area contributed by atoms with E-state index >= 15 is 0 Å². The number of carbonyl (C=O) groups excluding carboxylic acids is 8. The van der Waals surface area contributed by atoms with Crippen molar-refractivity contribution >= 4 is 64.1 Å². The van der Waals surface area contributed by atoms with Gasteiger partial charge in [-0.15, -0.1) is 0 Å². The van der Waals surface area contributed by atoms with Gasteiger partial charge in [-0.1, -0.05) is 32.0 Å². The molecule has 0 unspecified atom stereocenters. The molecule has 0 fully saturated rings. The van der Waals surface area contributed by atoms with Crippen LogP contribution in [-0.2, 0) is 49.6 Å². The number of para-hydroxylation sites is 1. The number of rotatable bonds is 24. The van der Waals surface area contributed by atoms with Gasteiger partial charge >= 0.3 is 5.97 Å². The van der Waals surface area contributed by atoms with Gasteiger partial charge < -0.3 is 64.3 Å². The third-order valence-electron chi connectivity index (χ3n) is 8.35. The number of carboxylic acids is 1. The zero-order chi connectivity index (χ0) is 42.1. The topological polar surface area (TPSA) is 360 Å². The van der Waals surface area contributed by atoms with Gasteiger partial charge in [0.05, 0.1) is 25.2 Å². The van der Waals surface area contributed by atoms with Crippen molar-refractivity contribution in [3.8, 4) is 0 Å². The molecule has 56 heavy (non-hydrogen) atoms. The number of aromatic nitrogens is 1. The number of aliphatic carboxylic acids is 1. The van der Waals surface area contributed by atoms with Crippen molar-refractivity contribution < 1.29 is 53.4 Å². The molecule has 1 heterocycles. The summed E-state index contributed by atoms with van der Waals surface area (Å²) in [5.74, 6) is -8.27. The molecular formula is C35H52N10O11. The van der Waals surface area contributed by atoms with Gasteiger partial charge in [0.15, 0.2) is 0 Å². The largest absolute Gasteiger partial charge is 0.480 e. The SMILES string of the molecule is CC(C)C[C@H](N)C(=O)N[C@@H](Cc1c[nH]c2ccccc12)C(=O)NCC(=O)N[C@@H](CCC(N)=O)C(=O)NCC(=O)N[C@H](C(=O)N[C@@H](CCC(N)=O)C(=O)O)[C@@H](C)O. The van der Waals surface area contributed by atoms with Crippen LogP contribution in [0.1, 0.15) is 58.4 Å². The summed E-state index contributed by atoms with van der Waals surface area (Å²) in [6.45, 7) is 3.45. The molecule has 0 aliphatic carbocycles. The molecule has 2 aromatic rings. The summed E-state index contributed by atoms with van der Waals surface area (Å²) in [7, 11) is 0. The smallest absolute Gasteiger partial charge is 0.326 e. The molecule has 6 atom stereocenters. The maximum atomic E-state index is 13.4. The molecule has 308 valence electrons. The number of nitrogens with two attached hydrogens (primary N) is 3. The second-order valence-electron chi connectivity index (χ2n) is 13.6. The van der Waals surface area contributed by atoms with Crippen LogP contribution >= 0.6 is 0 Å². The number of carboxylic acid groups (broad SMARTS) is 1. The van der Waals surface area contributed by atoms with Crippen molar-refractivity contribution in [1.29, 1.82) is 0 Å². The summed E-state index contributed by atoms with van der Waals surface area (Å²) in [6.07, 6.45) is -0.843. The predicted octanol–water partition coefficient (Wildman–Crippen LogP) is -3.75. The van der Waals surface area contributed by atoms with Gasteiger partial charge in [0.25, 0.3) is 0 Å². The van der Waals surface area contributed by atoms with Crippen LogP contribution in [0.2, 0.25) is 0 Å². The lowest BCUT2D eigenvalue weighted by Gasteiger charge is -2.24. The quantitative estimate of drug-likeness (QED) is 0.0488. The first-order valence-corrected chi connectivity index (χ1v) is 17.8. The standard InChI is InChI=1S/C35H52N10O11/c1-17(2)12-21(36)31(51)44-25(13-19-14-39-22-7-5-4-6-20(19)22)33(53)41-15-28(49)42-23(8-10-26(37)47)32(52)40-16-29(50)45-30(18(3)46)34(54)43-24(35(55)56)9-11-27(38)48/h4-7,14,17-18,21,23-25,30,39,46H,8-13,15-16,36H2,1-3H3,(H2,37,47)(H2,38,48)(H,40,52)(H,41,53)(H,42,49)(H,43,54)(H,44,51)(H,45,50)(H,55,56)/t18-,21+,23+,24+,25+,30+/m1/s1. The van der Waals surface area contributed by atoms with Crippen LogP contribution in [0.5, 0.6) is 0 Å². The molecule has 0 spiro atoms. The van der Waals surface area contributed by atoms with Crippen molar-refractivity contribution in [3.05, 3.63) is 36.0 Å². The summed E-state index contributed by atoms with van der Waals surface area (Å²) in [4.78, 5) is 115. The highest BCUT2D eigenvalue weighted by Gasteiger charge is 2.31. The Morgan fingerprint density at radius 1 is 0.714 bits per heavy atom. The number of hydrogen-bond donors (Lipinski definition) is 12. The lowest BCUT2D eigenvalue weighted by atomic mass is 10.0. The van der Waals surface area contributed by atoms with E-state index in [2.05, 4.69) is 36.9 Å². The maximum absolute atomic E-state index is 13.4. The predicted molar refractivity (Wildman–Crippen MR) is 199 cm³/mol. The first kappa shape index (κ1) is 46.1. The Kier molecular flexibility index (Phi) is 18.4. The van der Waals surface area contributed by atoms with Gasteiger partial charge in [0.2, 0.25) is 47.3 Å². The lowest BCUT2D eigenvalue weighted by Crippen LogP contribution is -2.57. The van der Waals surface area contributed by atoms with Gasteiger partial charge in [-0.2, -0.15) is 0 Å². The number of amides is 8. The van der Waals surface area contributed by atoms with E-state index in [4.69, 9.17) is 17.2 Å². The number of fused-ring (bicyclic) bond motifs is 1. The van der Waals surface area contributed by atoms with Crippen LogP contribution < -0.4 is 49.1 Å². The second kappa shape index (κ2) is 22.3. The fourth-order valence-electron chi connectivity index (χ4n) is 5.44. The minimum atomic E-state index is -1.68. The van der Waals surface area contributed by atoms with Crippen LogP contribution in [0.15, 0.2) is 30.5 Å². The van der Waals surface area contributed by atoms with E-state index in [9.17, 15) is 53.4 Å². The summed E-state index contributed by atoms with van der Waals surface area (Å²) in [5.41, 5.74) is 17.8. The maximum Gasteiger partial charge on any atom is 0.326 e. The molecule has 0 aliphatic heterocycles. The minimum Gasteiger partial charge on any atom is -0.480 e. The molecule has 1 aromatic carbocycles. The molecule has 0 saturated carbocycles. The van der Waals surface area contributed by atoms with Crippen LogP contribution in [0.4, 0.5) is 0 Å². The third kappa shape index (κ3) is 15.7. The minimum absolute atomic E-state index is 0.0380. The van der Waals surface area contributed by atoms with Crippen molar-refractivity contribution in [1.82, 2.24) is 36.9 Å². The Morgan fingerprint density at radius 2 is 1.25 bits per heavy atom. The number of hydrogen-bond acceptors (Lipinski definition) is 11. The number of primary amides is 2. The number of H-pyrrole nitrogens is 1. The molecule has 0 saturated heterocycles. The van der Waals surface area contributed by atoms with Crippen LogP contribution in [0, 0.1) is 5.92 Å². The Bertz CT molecular complexity index is 1750. The van der Waals surface area contributed by atoms with Gasteiger partial charge in [-0.3, -0.25) is 38.4 Å². The number of aliphatic hydroxyl groups is 1. The van der Waals surface area contributed by atoms with Gasteiger partial charge in [-0.05, 0) is 43.7 Å². The Balaban J connectivity index is 2.08. The number of aliphatic hydroxyl groups excluding tert-OH is 1. The second-order valence-corrected chi connectivity index (χ2v) is 13.6. The highest BCUT2D eigenvalue weighted by atomic mass is 16.4. The third-order valence-corrected chi connectivity index (χ3v) is 8.35. The Morgan fingerprint density at radius 3 is 1.80 bits per heavy atom. The zero-order valence-corrected chi connectivity index (χ0v) is 31.4. The number of aromatic amines is 1. The number of carbonyl (C=O) groups is 9. The molecule has 0 bridgehead atoms. The number of nitrogens with one attached hydrogen (secondary N) is 7. The van der Waals surface area contributed by atoms with Crippen molar-refractivity contribution in [3.63, 3.8) is 0 Å². The van der Waals surface area contributed by atoms with E-state index in [1.54, 1.807) is 6.20 Å². The van der Waals surface area contributed by atoms with Crippen LogP contribution in [-0.4, -0.2) is 118 Å². The molecule has 15 N–H and O–H groups in total. The molecule has 2 rings (SSSR count). The average molecular weight is 789 g/mol. The number of benzene rings is 1.